The Morgan fingerprint density at radius 1 is 1.12 bits per heavy atom. The van der Waals surface area contributed by atoms with Crippen LogP contribution in [0.1, 0.15) is 67.4 Å². The van der Waals surface area contributed by atoms with Crippen molar-refractivity contribution in [3.05, 3.63) is 52.5 Å². The highest BCUT2D eigenvalue weighted by Gasteiger charge is 2.48. The highest BCUT2D eigenvalue weighted by molar-refractivity contribution is 7.09. The molecule has 7 heteroatoms. The van der Waals surface area contributed by atoms with E-state index in [4.69, 9.17) is 0 Å². The van der Waals surface area contributed by atoms with Crippen LogP contribution in [0, 0.1) is 0 Å². The van der Waals surface area contributed by atoms with Gasteiger partial charge < -0.3 is 14.8 Å². The quantitative estimate of drug-likeness (QED) is 0.624. The van der Waals surface area contributed by atoms with Crippen LogP contribution in [0.4, 0.5) is 0 Å². The van der Waals surface area contributed by atoms with Gasteiger partial charge in [0.2, 0.25) is 5.91 Å². The number of aromatic nitrogens is 2. The van der Waals surface area contributed by atoms with Crippen LogP contribution in [-0.4, -0.2) is 37.8 Å². The third-order valence-corrected chi connectivity index (χ3v) is 7.84. The lowest BCUT2D eigenvalue weighted by molar-refractivity contribution is -0.134. The van der Waals surface area contributed by atoms with E-state index in [1.807, 2.05) is 53.3 Å². The molecule has 6 nitrogen and oxygen atoms in total. The molecule has 1 saturated carbocycles. The number of para-hydroxylation sites is 2. The second-order valence-electron chi connectivity index (χ2n) is 9.27. The molecule has 0 unspecified atom stereocenters. The lowest BCUT2D eigenvalue weighted by Gasteiger charge is -2.44. The fourth-order valence-electron chi connectivity index (χ4n) is 5.08. The van der Waals surface area contributed by atoms with Gasteiger partial charge in [-0.1, -0.05) is 50.3 Å². The van der Waals surface area contributed by atoms with Gasteiger partial charge in [0.05, 0.1) is 24.1 Å². The summed E-state index contributed by atoms with van der Waals surface area (Å²) in [6.45, 7) is 2.72. The largest absolute Gasteiger partial charge is 0.351 e. The Balaban J connectivity index is 1.50. The zero-order valence-electron chi connectivity index (χ0n) is 18.5. The number of benzene rings is 1. The molecule has 0 saturated heterocycles. The summed E-state index contributed by atoms with van der Waals surface area (Å²) in [5.74, 6) is 0.173. The number of imidazole rings is 1. The van der Waals surface area contributed by atoms with Gasteiger partial charge in [0, 0.05) is 10.9 Å². The molecule has 2 aliphatic rings. The average Bonchev–Trinajstić information content (AvgIpc) is 3.41. The van der Waals surface area contributed by atoms with Crippen LogP contribution in [0.5, 0.6) is 0 Å². The summed E-state index contributed by atoms with van der Waals surface area (Å²) < 4.78 is 1.93. The van der Waals surface area contributed by atoms with Crippen LogP contribution >= 0.6 is 11.3 Å². The lowest BCUT2D eigenvalue weighted by atomic mass is 9.92. The standard InChI is InChI=1S/C25H30N4O2S/c1-25(24(31)26-18-10-5-3-2-4-6-11-18)17-28-21-14-8-7-13-20(21)27-22(28)23(30)29(25)16-19-12-9-15-32-19/h7-9,12-15,18H,2-6,10-11,16-17H2,1H3,(H,26,31)/t25-/m1/s1. The fourth-order valence-corrected chi connectivity index (χ4v) is 5.77. The van der Waals surface area contributed by atoms with Crippen molar-refractivity contribution in [3.63, 3.8) is 0 Å². The maximum Gasteiger partial charge on any atom is 0.291 e. The normalized spacial score (nSPS) is 22.4. The minimum Gasteiger partial charge on any atom is -0.351 e. The van der Waals surface area contributed by atoms with Crippen molar-refractivity contribution in [2.45, 2.75) is 76.5 Å². The van der Waals surface area contributed by atoms with Crippen molar-refractivity contribution in [1.82, 2.24) is 19.8 Å². The molecule has 168 valence electrons. The summed E-state index contributed by atoms with van der Waals surface area (Å²) in [5.41, 5.74) is 0.702. The number of rotatable bonds is 4. The van der Waals surface area contributed by atoms with Gasteiger partial charge in [-0.15, -0.1) is 11.3 Å². The lowest BCUT2D eigenvalue weighted by Crippen LogP contribution is -2.64. The minimum absolute atomic E-state index is 0.0589. The van der Waals surface area contributed by atoms with Crippen LogP contribution in [0.25, 0.3) is 11.0 Å². The van der Waals surface area contributed by atoms with E-state index in [2.05, 4.69) is 10.3 Å². The first-order chi connectivity index (χ1) is 15.6. The van der Waals surface area contributed by atoms with Gasteiger partial charge in [-0.25, -0.2) is 4.98 Å². The predicted molar refractivity (Wildman–Crippen MR) is 127 cm³/mol. The fraction of sp³-hybridized carbons (Fsp3) is 0.480. The first-order valence-electron chi connectivity index (χ1n) is 11.7. The van der Waals surface area contributed by atoms with Gasteiger partial charge in [0.15, 0.2) is 5.82 Å². The third-order valence-electron chi connectivity index (χ3n) is 6.98. The molecule has 3 aromatic rings. The molecule has 32 heavy (non-hydrogen) atoms. The number of amides is 2. The Morgan fingerprint density at radius 3 is 2.62 bits per heavy atom. The number of carbonyl (C=O) groups is 2. The van der Waals surface area contributed by atoms with Crippen molar-refractivity contribution in [2.75, 3.05) is 0 Å². The molecule has 0 bridgehead atoms. The van der Waals surface area contributed by atoms with Crippen LogP contribution in [0.3, 0.4) is 0 Å². The third kappa shape index (κ3) is 3.83. The van der Waals surface area contributed by atoms with E-state index in [-0.39, 0.29) is 17.9 Å². The number of carbonyl (C=O) groups excluding carboxylic acids is 2. The van der Waals surface area contributed by atoms with Crippen molar-refractivity contribution in [1.29, 1.82) is 0 Å². The smallest absolute Gasteiger partial charge is 0.291 e. The van der Waals surface area contributed by atoms with Gasteiger partial charge in [-0.2, -0.15) is 0 Å². The Hall–Kier alpha value is -2.67. The number of hydrogen-bond acceptors (Lipinski definition) is 4. The van der Waals surface area contributed by atoms with E-state index in [0.717, 1.165) is 41.6 Å². The molecule has 0 spiro atoms. The van der Waals surface area contributed by atoms with Crippen LogP contribution in [-0.2, 0) is 17.9 Å². The monoisotopic (exact) mass is 450 g/mol. The zero-order valence-corrected chi connectivity index (χ0v) is 19.4. The molecular weight excluding hydrogens is 420 g/mol. The molecule has 3 heterocycles. The van der Waals surface area contributed by atoms with E-state index in [9.17, 15) is 9.59 Å². The maximum absolute atomic E-state index is 13.8. The van der Waals surface area contributed by atoms with Gasteiger partial charge in [0.25, 0.3) is 5.91 Å². The molecule has 1 N–H and O–H groups in total. The van der Waals surface area contributed by atoms with E-state index in [1.165, 1.54) is 19.3 Å². The highest BCUT2D eigenvalue weighted by atomic mass is 32.1. The maximum atomic E-state index is 13.8. The summed E-state index contributed by atoms with van der Waals surface area (Å²) in [6, 6.07) is 11.9. The second kappa shape index (κ2) is 8.70. The van der Waals surface area contributed by atoms with Crippen molar-refractivity contribution in [3.8, 4) is 0 Å². The van der Waals surface area contributed by atoms with Crippen molar-refractivity contribution in [2.24, 2.45) is 0 Å². The summed E-state index contributed by atoms with van der Waals surface area (Å²) in [5, 5.41) is 5.34. The van der Waals surface area contributed by atoms with Crippen molar-refractivity contribution >= 4 is 34.2 Å². The van der Waals surface area contributed by atoms with Crippen LogP contribution < -0.4 is 5.32 Å². The average molecular weight is 451 g/mol. The number of fused-ring (bicyclic) bond motifs is 3. The molecule has 2 amide bonds. The highest BCUT2D eigenvalue weighted by Crippen LogP contribution is 2.33. The number of hydrogen-bond donors (Lipinski definition) is 1. The first-order valence-corrected chi connectivity index (χ1v) is 12.5. The number of nitrogens with one attached hydrogen (secondary N) is 1. The molecule has 1 atom stereocenters. The summed E-state index contributed by atoms with van der Waals surface area (Å²) >= 11 is 1.61. The molecule has 1 aliphatic carbocycles. The van der Waals surface area contributed by atoms with Crippen LogP contribution in [0.2, 0.25) is 0 Å². The van der Waals surface area contributed by atoms with Crippen LogP contribution in [0.15, 0.2) is 41.8 Å². The Morgan fingerprint density at radius 2 is 1.88 bits per heavy atom. The van der Waals surface area contributed by atoms with E-state index in [1.54, 1.807) is 16.2 Å². The van der Waals surface area contributed by atoms with E-state index >= 15 is 0 Å². The van der Waals surface area contributed by atoms with Gasteiger partial charge in [0.1, 0.15) is 5.54 Å². The Labute approximate surface area is 192 Å². The summed E-state index contributed by atoms with van der Waals surface area (Å²) in [7, 11) is 0. The molecule has 5 rings (SSSR count). The Bertz CT molecular complexity index is 1110. The zero-order chi connectivity index (χ0) is 22.1. The topological polar surface area (TPSA) is 67.2 Å². The second-order valence-corrected chi connectivity index (χ2v) is 10.3. The SMILES string of the molecule is C[C@]1(C(=O)NC2CCCCCCC2)Cn2c(nc3ccccc32)C(=O)N1Cc1cccs1. The minimum atomic E-state index is -0.986. The molecule has 0 radical (unpaired) electrons. The predicted octanol–water partition coefficient (Wildman–Crippen LogP) is 4.74. The molecule has 2 aromatic heterocycles. The number of nitrogens with zero attached hydrogens (tertiary/aromatic N) is 3. The molecule has 1 aromatic carbocycles. The molecule has 1 aliphatic heterocycles. The van der Waals surface area contributed by atoms with E-state index < -0.39 is 5.54 Å². The van der Waals surface area contributed by atoms with Gasteiger partial charge >= 0.3 is 0 Å². The Kier molecular flexibility index (Phi) is 5.76. The molecule has 1 fully saturated rings. The van der Waals surface area contributed by atoms with Gasteiger partial charge in [-0.3, -0.25) is 9.59 Å². The summed E-state index contributed by atoms with van der Waals surface area (Å²) in [6.07, 6.45) is 8.08. The first kappa shape index (κ1) is 21.2. The summed E-state index contributed by atoms with van der Waals surface area (Å²) in [4.78, 5) is 34.9. The molecular formula is C25H30N4O2S. The number of thiophene rings is 1. The van der Waals surface area contributed by atoms with Gasteiger partial charge in [-0.05, 0) is 43.3 Å². The van der Waals surface area contributed by atoms with E-state index in [0.29, 0.717) is 18.9 Å². The van der Waals surface area contributed by atoms with Crippen molar-refractivity contribution < 1.29 is 9.59 Å².